The average Bonchev–Trinajstić information content (AvgIpc) is 3.35. The van der Waals surface area contributed by atoms with Gasteiger partial charge in [0, 0.05) is 36.8 Å². The quantitative estimate of drug-likeness (QED) is 0.867. The Hall–Kier alpha value is -1.96. The van der Waals surface area contributed by atoms with Crippen molar-refractivity contribution in [3.05, 3.63) is 22.1 Å². The van der Waals surface area contributed by atoms with Crippen LogP contribution in [0.2, 0.25) is 0 Å². The van der Waals surface area contributed by atoms with Crippen molar-refractivity contribution in [2.45, 2.75) is 57.9 Å². The number of hydrogen-bond acceptors (Lipinski definition) is 6. The first-order valence-electron chi connectivity index (χ1n) is 9.59. The highest BCUT2D eigenvalue weighted by Crippen LogP contribution is 2.28. The molecular formula is C18H25N5O2S. The maximum absolute atomic E-state index is 12.6. The first-order chi connectivity index (χ1) is 12.6. The van der Waals surface area contributed by atoms with Crippen molar-refractivity contribution in [3.63, 3.8) is 0 Å². The molecule has 8 heteroatoms. The molecule has 1 aliphatic heterocycles. The highest BCUT2D eigenvalue weighted by molar-refractivity contribution is 7.20. The van der Waals surface area contributed by atoms with Crippen molar-refractivity contribution in [1.29, 1.82) is 0 Å². The number of aryl methyl sites for hydroxylation is 1. The number of carbonyl (C=O) groups is 1. The van der Waals surface area contributed by atoms with Crippen LogP contribution in [0.15, 0.2) is 10.9 Å². The lowest BCUT2D eigenvalue weighted by Crippen LogP contribution is -2.35. The Kier molecular flexibility index (Phi) is 4.93. The molecule has 1 N–H and O–H groups in total. The lowest BCUT2D eigenvalue weighted by atomic mass is 10.1. The van der Waals surface area contributed by atoms with Crippen LogP contribution >= 0.6 is 11.3 Å². The van der Waals surface area contributed by atoms with Gasteiger partial charge < -0.3 is 10.2 Å². The summed E-state index contributed by atoms with van der Waals surface area (Å²) < 4.78 is 1.36. The van der Waals surface area contributed by atoms with E-state index in [4.69, 9.17) is 0 Å². The van der Waals surface area contributed by atoms with Crippen molar-refractivity contribution >= 4 is 27.3 Å². The lowest BCUT2D eigenvalue weighted by molar-refractivity contribution is -0.134. The van der Waals surface area contributed by atoms with Crippen LogP contribution in [0.4, 0.5) is 5.13 Å². The van der Waals surface area contributed by atoms with Gasteiger partial charge in [0.05, 0.1) is 0 Å². The summed E-state index contributed by atoms with van der Waals surface area (Å²) in [6, 6.07) is 1.75. The number of carbonyl (C=O) groups excluding carboxylic acids is 1. The van der Waals surface area contributed by atoms with E-state index in [9.17, 15) is 9.59 Å². The largest absolute Gasteiger partial charge is 0.355 e. The summed E-state index contributed by atoms with van der Waals surface area (Å²) in [6.45, 7) is 3.59. The van der Waals surface area contributed by atoms with E-state index in [1.54, 1.807) is 6.07 Å². The highest BCUT2D eigenvalue weighted by Gasteiger charge is 2.32. The normalized spacial score (nSPS) is 21.0. The lowest BCUT2D eigenvalue weighted by Gasteiger charge is -2.20. The fraction of sp³-hybridized carbons (Fsp3) is 0.667. The van der Waals surface area contributed by atoms with Gasteiger partial charge in [-0.25, -0.2) is 4.98 Å². The molecule has 4 rings (SSSR count). The van der Waals surface area contributed by atoms with Crippen LogP contribution in [0.1, 0.15) is 51.1 Å². The van der Waals surface area contributed by atoms with E-state index in [1.165, 1.54) is 28.7 Å². The number of hydrogen-bond donors (Lipinski definition) is 1. The molecule has 3 heterocycles. The Bertz CT molecular complexity index is 855. The zero-order chi connectivity index (χ0) is 18.1. The Balaban J connectivity index is 1.43. The van der Waals surface area contributed by atoms with E-state index >= 15 is 0 Å². The maximum Gasteiger partial charge on any atom is 0.275 e. The molecule has 2 aliphatic rings. The molecule has 7 nitrogen and oxygen atoms in total. The van der Waals surface area contributed by atoms with Crippen molar-refractivity contribution < 1.29 is 4.79 Å². The van der Waals surface area contributed by atoms with Crippen LogP contribution in [-0.4, -0.2) is 44.5 Å². The molecule has 2 aromatic rings. The van der Waals surface area contributed by atoms with E-state index in [1.807, 2.05) is 4.90 Å². The van der Waals surface area contributed by atoms with Gasteiger partial charge in [0.1, 0.15) is 0 Å². The summed E-state index contributed by atoms with van der Waals surface area (Å²) in [5.41, 5.74) is 0.689. The summed E-state index contributed by atoms with van der Waals surface area (Å²) >= 11 is 1.40. The smallest absolute Gasteiger partial charge is 0.275 e. The molecule has 0 spiro atoms. The van der Waals surface area contributed by atoms with Gasteiger partial charge in [0.15, 0.2) is 0 Å². The summed E-state index contributed by atoms with van der Waals surface area (Å²) in [7, 11) is 0. The molecule has 1 atom stereocenters. The van der Waals surface area contributed by atoms with Crippen molar-refractivity contribution in [3.8, 4) is 0 Å². The van der Waals surface area contributed by atoms with Crippen LogP contribution in [0, 0.1) is 5.92 Å². The van der Waals surface area contributed by atoms with Crippen LogP contribution in [0.3, 0.4) is 0 Å². The standard InChI is InChI=1S/C18H25N5O2S/c1-2-5-13-10-15(24)23-18(20-13)26-17(21-23)19-14-8-9-22(11-14)16(25)12-6-3-4-7-12/h10,12,14H,2-9,11H2,1H3,(H,19,21). The second-order valence-corrected chi connectivity index (χ2v) is 8.29. The third-order valence-electron chi connectivity index (χ3n) is 5.34. The number of anilines is 1. The van der Waals surface area contributed by atoms with Gasteiger partial charge in [0.2, 0.25) is 16.0 Å². The fourth-order valence-electron chi connectivity index (χ4n) is 3.98. The van der Waals surface area contributed by atoms with Crippen molar-refractivity contribution in [1.82, 2.24) is 19.5 Å². The molecule has 1 saturated heterocycles. The predicted octanol–water partition coefficient (Wildman–Crippen LogP) is 2.31. The van der Waals surface area contributed by atoms with Gasteiger partial charge >= 0.3 is 0 Å². The van der Waals surface area contributed by atoms with Crippen LogP contribution in [-0.2, 0) is 11.2 Å². The zero-order valence-corrected chi connectivity index (χ0v) is 15.9. The summed E-state index contributed by atoms with van der Waals surface area (Å²) in [5.74, 6) is 0.550. The van der Waals surface area contributed by atoms with Gasteiger partial charge in [0.25, 0.3) is 5.56 Å². The molecule has 1 unspecified atom stereocenters. The summed E-state index contributed by atoms with van der Waals surface area (Å²) in [6.07, 6.45) is 7.11. The second-order valence-electron chi connectivity index (χ2n) is 7.33. The monoisotopic (exact) mass is 375 g/mol. The number of fused-ring (bicyclic) bond motifs is 1. The molecule has 2 aromatic heterocycles. The van der Waals surface area contributed by atoms with Gasteiger partial charge in [-0.1, -0.05) is 37.5 Å². The molecule has 2 fully saturated rings. The van der Waals surface area contributed by atoms with Crippen LogP contribution < -0.4 is 10.9 Å². The van der Waals surface area contributed by atoms with E-state index in [2.05, 4.69) is 22.3 Å². The topological polar surface area (TPSA) is 79.6 Å². The van der Waals surface area contributed by atoms with E-state index in [0.717, 1.165) is 44.3 Å². The third kappa shape index (κ3) is 3.47. The number of likely N-dealkylation sites (tertiary alicyclic amines) is 1. The van der Waals surface area contributed by atoms with Crippen LogP contribution in [0.25, 0.3) is 4.96 Å². The minimum Gasteiger partial charge on any atom is -0.355 e. The van der Waals surface area contributed by atoms with E-state index in [0.29, 0.717) is 22.5 Å². The Morgan fingerprint density at radius 1 is 1.35 bits per heavy atom. The Labute approximate surface area is 156 Å². The predicted molar refractivity (Wildman–Crippen MR) is 102 cm³/mol. The van der Waals surface area contributed by atoms with Gasteiger partial charge in [-0.3, -0.25) is 9.59 Å². The van der Waals surface area contributed by atoms with E-state index in [-0.39, 0.29) is 17.5 Å². The van der Waals surface area contributed by atoms with Crippen LogP contribution in [0.5, 0.6) is 0 Å². The molecule has 1 amide bonds. The maximum atomic E-state index is 12.6. The SMILES string of the molecule is CCCc1cc(=O)n2nc(NC3CCN(C(=O)C4CCCC4)C3)sc2n1. The first-order valence-corrected chi connectivity index (χ1v) is 10.4. The molecule has 26 heavy (non-hydrogen) atoms. The van der Waals surface area contributed by atoms with Gasteiger partial charge in [-0.05, 0) is 25.7 Å². The molecular weight excluding hydrogens is 350 g/mol. The van der Waals surface area contributed by atoms with Crippen molar-refractivity contribution in [2.24, 2.45) is 5.92 Å². The first kappa shape index (κ1) is 17.5. The summed E-state index contributed by atoms with van der Waals surface area (Å²) in [5, 5.41) is 8.47. The minimum atomic E-state index is -0.132. The number of nitrogens with one attached hydrogen (secondary N) is 1. The molecule has 1 saturated carbocycles. The fourth-order valence-corrected chi connectivity index (χ4v) is 4.88. The highest BCUT2D eigenvalue weighted by atomic mass is 32.1. The minimum absolute atomic E-state index is 0.132. The van der Waals surface area contributed by atoms with E-state index < -0.39 is 0 Å². The average molecular weight is 375 g/mol. The Morgan fingerprint density at radius 2 is 2.15 bits per heavy atom. The Morgan fingerprint density at radius 3 is 2.92 bits per heavy atom. The molecule has 0 bridgehead atoms. The molecule has 0 radical (unpaired) electrons. The van der Waals surface area contributed by atoms with Gasteiger partial charge in [-0.15, -0.1) is 5.10 Å². The molecule has 0 aromatic carbocycles. The number of rotatable bonds is 5. The van der Waals surface area contributed by atoms with Gasteiger partial charge in [-0.2, -0.15) is 4.52 Å². The second kappa shape index (κ2) is 7.34. The molecule has 1 aliphatic carbocycles. The zero-order valence-electron chi connectivity index (χ0n) is 15.1. The third-order valence-corrected chi connectivity index (χ3v) is 6.18. The number of amides is 1. The molecule has 140 valence electrons. The summed E-state index contributed by atoms with van der Waals surface area (Å²) in [4.78, 5) is 31.9. The van der Waals surface area contributed by atoms with Crippen molar-refractivity contribution in [2.75, 3.05) is 18.4 Å². The number of nitrogens with zero attached hydrogens (tertiary/aromatic N) is 4. The number of aromatic nitrogens is 3.